The minimum absolute atomic E-state index is 0.740. The third-order valence-corrected chi connectivity index (χ3v) is 4.48. The molecule has 25 heavy (non-hydrogen) atoms. The molecule has 4 heteroatoms. The van der Waals surface area contributed by atoms with Gasteiger partial charge in [0.05, 0.1) is 14.2 Å². The fourth-order valence-corrected chi connectivity index (χ4v) is 3.26. The zero-order chi connectivity index (χ0) is 17.8. The van der Waals surface area contributed by atoms with E-state index in [0.717, 1.165) is 59.4 Å². The fourth-order valence-electron chi connectivity index (χ4n) is 3.26. The highest BCUT2D eigenvalue weighted by molar-refractivity contribution is 5.93. The second-order valence-electron chi connectivity index (χ2n) is 6.21. The van der Waals surface area contributed by atoms with Crippen molar-refractivity contribution in [2.45, 2.75) is 39.5 Å². The molecule has 3 rings (SSSR count). The summed E-state index contributed by atoms with van der Waals surface area (Å²) in [6, 6.07) is 10.2. The second kappa shape index (κ2) is 7.60. The van der Waals surface area contributed by atoms with Gasteiger partial charge in [-0.3, -0.25) is 0 Å². The number of methoxy groups -OCH3 is 2. The summed E-state index contributed by atoms with van der Waals surface area (Å²) in [4.78, 5) is 0. The van der Waals surface area contributed by atoms with E-state index in [4.69, 9.17) is 14.0 Å². The topological polar surface area (TPSA) is 44.5 Å². The standard InChI is InChI=1S/C21H25NO3/c1-5-7-14-12-19(24-4)15(8-6-2)11-18(14)21-17-10-9-16(23-3)13-20(17)25-22-21/h9-13H,5-8H2,1-4H3. The first kappa shape index (κ1) is 17.3. The molecule has 132 valence electrons. The van der Waals surface area contributed by atoms with Crippen LogP contribution in [0.3, 0.4) is 0 Å². The summed E-state index contributed by atoms with van der Waals surface area (Å²) in [5.41, 5.74) is 5.22. The van der Waals surface area contributed by atoms with Crippen LogP contribution in [0, 0.1) is 0 Å². The van der Waals surface area contributed by atoms with Gasteiger partial charge in [-0.25, -0.2) is 0 Å². The highest BCUT2D eigenvalue weighted by Gasteiger charge is 2.17. The van der Waals surface area contributed by atoms with E-state index in [0.29, 0.717) is 0 Å². The molecule has 0 saturated carbocycles. The molecule has 1 heterocycles. The Balaban J connectivity index is 2.19. The molecule has 0 N–H and O–H groups in total. The molecule has 0 amide bonds. The quantitative estimate of drug-likeness (QED) is 0.577. The lowest BCUT2D eigenvalue weighted by Crippen LogP contribution is -1.98. The molecule has 0 bridgehead atoms. The number of hydrogen-bond donors (Lipinski definition) is 0. The van der Waals surface area contributed by atoms with Crippen molar-refractivity contribution in [2.75, 3.05) is 14.2 Å². The summed E-state index contributed by atoms with van der Waals surface area (Å²) in [5, 5.41) is 5.37. The molecule has 0 saturated heterocycles. The fraction of sp³-hybridized carbons (Fsp3) is 0.381. The Hall–Kier alpha value is -2.49. The molecular weight excluding hydrogens is 314 g/mol. The molecule has 0 fully saturated rings. The van der Waals surface area contributed by atoms with Gasteiger partial charge < -0.3 is 14.0 Å². The molecule has 0 aliphatic heterocycles. The first-order valence-corrected chi connectivity index (χ1v) is 8.85. The van der Waals surface area contributed by atoms with Crippen molar-refractivity contribution in [3.8, 4) is 22.8 Å². The number of hydrogen-bond acceptors (Lipinski definition) is 4. The van der Waals surface area contributed by atoms with Crippen molar-refractivity contribution in [3.05, 3.63) is 41.5 Å². The second-order valence-corrected chi connectivity index (χ2v) is 6.21. The number of ether oxygens (including phenoxy) is 2. The van der Waals surface area contributed by atoms with Crippen LogP contribution in [0.1, 0.15) is 37.8 Å². The number of aromatic nitrogens is 1. The molecule has 1 aromatic heterocycles. The van der Waals surface area contributed by atoms with E-state index in [9.17, 15) is 0 Å². The van der Waals surface area contributed by atoms with Crippen LogP contribution in [0.2, 0.25) is 0 Å². The van der Waals surface area contributed by atoms with Crippen LogP contribution in [-0.4, -0.2) is 19.4 Å². The molecule has 0 radical (unpaired) electrons. The van der Waals surface area contributed by atoms with Gasteiger partial charge in [0, 0.05) is 17.0 Å². The molecule has 2 aromatic carbocycles. The maximum atomic E-state index is 5.61. The molecule has 0 spiro atoms. The molecule has 4 nitrogen and oxygen atoms in total. The van der Waals surface area contributed by atoms with Gasteiger partial charge in [-0.1, -0.05) is 31.8 Å². The van der Waals surface area contributed by atoms with Crippen LogP contribution in [0.5, 0.6) is 11.5 Å². The summed E-state index contributed by atoms with van der Waals surface area (Å²) < 4.78 is 16.5. The molecule has 0 atom stereocenters. The zero-order valence-corrected chi connectivity index (χ0v) is 15.4. The van der Waals surface area contributed by atoms with Crippen molar-refractivity contribution in [1.29, 1.82) is 0 Å². The van der Waals surface area contributed by atoms with E-state index in [1.54, 1.807) is 14.2 Å². The number of nitrogens with zero attached hydrogens (tertiary/aromatic N) is 1. The van der Waals surface area contributed by atoms with Crippen LogP contribution in [-0.2, 0) is 12.8 Å². The maximum Gasteiger partial charge on any atom is 0.171 e. The summed E-state index contributed by atoms with van der Waals surface area (Å²) >= 11 is 0. The highest BCUT2D eigenvalue weighted by atomic mass is 16.5. The largest absolute Gasteiger partial charge is 0.497 e. The lowest BCUT2D eigenvalue weighted by Gasteiger charge is -2.14. The zero-order valence-electron chi connectivity index (χ0n) is 15.4. The summed E-state index contributed by atoms with van der Waals surface area (Å²) in [7, 11) is 3.39. The van der Waals surface area contributed by atoms with E-state index in [-0.39, 0.29) is 0 Å². The van der Waals surface area contributed by atoms with E-state index in [1.165, 1.54) is 11.1 Å². The van der Waals surface area contributed by atoms with Crippen molar-refractivity contribution < 1.29 is 14.0 Å². The lowest BCUT2D eigenvalue weighted by molar-refractivity contribution is 0.408. The van der Waals surface area contributed by atoms with Gasteiger partial charge in [0.25, 0.3) is 0 Å². The van der Waals surface area contributed by atoms with E-state index < -0.39 is 0 Å². The highest BCUT2D eigenvalue weighted by Crippen LogP contribution is 2.36. The Morgan fingerprint density at radius 2 is 1.68 bits per heavy atom. The first-order valence-electron chi connectivity index (χ1n) is 8.85. The normalized spacial score (nSPS) is 11.0. The number of benzene rings is 2. The van der Waals surface area contributed by atoms with Crippen molar-refractivity contribution in [1.82, 2.24) is 5.16 Å². The maximum absolute atomic E-state index is 5.61. The Morgan fingerprint density at radius 3 is 2.36 bits per heavy atom. The average Bonchev–Trinajstić information content (AvgIpc) is 3.05. The van der Waals surface area contributed by atoms with Crippen molar-refractivity contribution in [2.24, 2.45) is 0 Å². The predicted octanol–water partition coefficient (Wildman–Crippen LogP) is 5.42. The Labute approximate surface area is 148 Å². The van der Waals surface area contributed by atoms with Gasteiger partial charge >= 0.3 is 0 Å². The summed E-state index contributed by atoms with van der Waals surface area (Å²) in [5.74, 6) is 1.73. The van der Waals surface area contributed by atoms with Gasteiger partial charge in [-0.05, 0) is 48.2 Å². The average molecular weight is 339 g/mol. The van der Waals surface area contributed by atoms with Gasteiger partial charge in [-0.2, -0.15) is 0 Å². The van der Waals surface area contributed by atoms with Crippen molar-refractivity contribution >= 4 is 11.0 Å². The smallest absolute Gasteiger partial charge is 0.171 e. The third-order valence-electron chi connectivity index (χ3n) is 4.48. The van der Waals surface area contributed by atoms with Gasteiger partial charge in [0.1, 0.15) is 17.2 Å². The summed E-state index contributed by atoms with van der Waals surface area (Å²) in [6.45, 7) is 4.36. The number of rotatable bonds is 7. The Bertz CT molecular complexity index is 867. The van der Waals surface area contributed by atoms with Crippen LogP contribution in [0.4, 0.5) is 0 Å². The number of fused-ring (bicyclic) bond motifs is 1. The molecular formula is C21H25NO3. The van der Waals surface area contributed by atoms with Crippen LogP contribution >= 0.6 is 0 Å². The van der Waals surface area contributed by atoms with Crippen LogP contribution < -0.4 is 9.47 Å². The predicted molar refractivity (Wildman–Crippen MR) is 101 cm³/mol. The summed E-state index contributed by atoms with van der Waals surface area (Å²) in [6.07, 6.45) is 4.08. The van der Waals surface area contributed by atoms with Crippen LogP contribution in [0.15, 0.2) is 34.9 Å². The molecule has 0 unspecified atom stereocenters. The minimum atomic E-state index is 0.740. The minimum Gasteiger partial charge on any atom is -0.497 e. The third kappa shape index (κ3) is 3.34. The lowest BCUT2D eigenvalue weighted by atomic mass is 9.94. The monoisotopic (exact) mass is 339 g/mol. The Morgan fingerprint density at radius 1 is 0.920 bits per heavy atom. The first-order chi connectivity index (χ1) is 12.2. The molecule has 0 aliphatic carbocycles. The molecule has 3 aromatic rings. The van der Waals surface area contributed by atoms with E-state index in [1.807, 2.05) is 18.2 Å². The molecule has 0 aliphatic rings. The van der Waals surface area contributed by atoms with Gasteiger partial charge in [0.2, 0.25) is 0 Å². The van der Waals surface area contributed by atoms with E-state index in [2.05, 4.69) is 31.1 Å². The van der Waals surface area contributed by atoms with E-state index >= 15 is 0 Å². The van der Waals surface area contributed by atoms with Crippen molar-refractivity contribution in [3.63, 3.8) is 0 Å². The van der Waals surface area contributed by atoms with Gasteiger partial charge in [0.15, 0.2) is 5.58 Å². The Kier molecular flexibility index (Phi) is 5.27. The van der Waals surface area contributed by atoms with Crippen LogP contribution in [0.25, 0.3) is 22.2 Å². The van der Waals surface area contributed by atoms with Gasteiger partial charge in [-0.15, -0.1) is 0 Å². The SMILES string of the molecule is CCCc1cc(-c2noc3cc(OC)ccc23)c(CCC)cc1OC. The number of aryl methyl sites for hydroxylation is 2.